The zero-order valence-electron chi connectivity index (χ0n) is 13.3. The van der Waals surface area contributed by atoms with E-state index in [0.717, 1.165) is 0 Å². The quantitative estimate of drug-likeness (QED) is 0.891. The number of ether oxygens (including phenoxy) is 1. The maximum Gasteiger partial charge on any atom is 0.253 e. The van der Waals surface area contributed by atoms with E-state index in [1.54, 1.807) is 42.9 Å². The molecular weight excluding hydrogens is 297 g/mol. The highest BCUT2D eigenvalue weighted by molar-refractivity contribution is 5.94. The summed E-state index contributed by atoms with van der Waals surface area (Å²) in [5.74, 6) is 0.607. The second-order valence-corrected chi connectivity index (χ2v) is 5.92. The van der Waals surface area contributed by atoms with Crippen molar-refractivity contribution < 1.29 is 13.9 Å². The van der Waals surface area contributed by atoms with E-state index in [0.29, 0.717) is 29.7 Å². The summed E-state index contributed by atoms with van der Waals surface area (Å²) in [7, 11) is 0. The molecule has 122 valence electrons. The Bertz CT molecular complexity index is 710. The molecule has 3 rings (SSSR count). The Morgan fingerprint density at radius 2 is 2.30 bits per heavy atom. The van der Waals surface area contributed by atoms with E-state index in [-0.39, 0.29) is 5.91 Å². The Morgan fingerprint density at radius 1 is 1.52 bits per heavy atom. The van der Waals surface area contributed by atoms with E-state index in [1.165, 1.54) is 18.9 Å². The van der Waals surface area contributed by atoms with Crippen molar-refractivity contribution in [2.75, 3.05) is 11.9 Å². The first-order chi connectivity index (χ1) is 11.0. The number of aromatic nitrogens is 2. The zero-order chi connectivity index (χ0) is 16.4. The number of hydrogen-bond donors (Lipinski definition) is 1. The van der Waals surface area contributed by atoms with Gasteiger partial charge < -0.3 is 14.6 Å². The van der Waals surface area contributed by atoms with Crippen LogP contribution in [-0.4, -0.2) is 28.2 Å². The maximum atomic E-state index is 14.3. The van der Waals surface area contributed by atoms with Crippen LogP contribution in [0.1, 0.15) is 25.6 Å². The third kappa shape index (κ3) is 3.76. The second-order valence-electron chi connectivity index (χ2n) is 5.92. The van der Waals surface area contributed by atoms with Gasteiger partial charge in [0.2, 0.25) is 0 Å². The first-order valence-electron chi connectivity index (χ1n) is 7.77. The molecule has 0 saturated heterocycles. The summed E-state index contributed by atoms with van der Waals surface area (Å²) in [6, 6.07) is 4.60. The van der Waals surface area contributed by atoms with E-state index in [9.17, 15) is 9.18 Å². The molecule has 1 atom stereocenters. The fraction of sp³-hybridized carbons (Fsp3) is 0.412. The Hall–Kier alpha value is -2.21. The molecule has 1 aromatic carbocycles. The molecule has 1 aliphatic rings. The van der Waals surface area contributed by atoms with E-state index in [1.807, 2.05) is 0 Å². The summed E-state index contributed by atoms with van der Waals surface area (Å²) in [5.41, 5.74) is 0.812. The molecule has 0 bridgehead atoms. The van der Waals surface area contributed by atoms with Gasteiger partial charge in [-0.25, -0.2) is 9.37 Å². The Labute approximate surface area is 134 Å². The van der Waals surface area contributed by atoms with Gasteiger partial charge in [0, 0.05) is 18.1 Å². The highest BCUT2D eigenvalue weighted by atomic mass is 19.1. The van der Waals surface area contributed by atoms with Crippen molar-refractivity contribution in [3.05, 3.63) is 42.2 Å². The van der Waals surface area contributed by atoms with E-state index in [2.05, 4.69) is 10.3 Å². The molecule has 1 heterocycles. The van der Waals surface area contributed by atoms with Crippen LogP contribution in [0, 0.1) is 18.7 Å². The molecule has 1 amide bonds. The van der Waals surface area contributed by atoms with Crippen molar-refractivity contribution in [1.82, 2.24) is 9.55 Å². The van der Waals surface area contributed by atoms with Crippen LogP contribution in [0.15, 0.2) is 30.6 Å². The first kappa shape index (κ1) is 15.7. The second kappa shape index (κ2) is 6.50. The van der Waals surface area contributed by atoms with Crippen LogP contribution in [0.2, 0.25) is 0 Å². The van der Waals surface area contributed by atoms with Crippen molar-refractivity contribution in [1.29, 1.82) is 0 Å². The highest BCUT2D eigenvalue weighted by Crippen LogP contribution is 2.29. The summed E-state index contributed by atoms with van der Waals surface area (Å²) in [6.45, 7) is 4.12. The Morgan fingerprint density at radius 3 is 2.91 bits per heavy atom. The lowest BCUT2D eigenvalue weighted by atomic mass is 10.2. The van der Waals surface area contributed by atoms with Gasteiger partial charge in [-0.1, -0.05) is 0 Å². The van der Waals surface area contributed by atoms with Crippen molar-refractivity contribution >= 4 is 11.6 Å². The van der Waals surface area contributed by atoms with Gasteiger partial charge in [-0.2, -0.15) is 0 Å². The molecule has 0 aliphatic heterocycles. The van der Waals surface area contributed by atoms with Gasteiger partial charge in [0.15, 0.2) is 0 Å². The minimum atomic E-state index is -0.547. The van der Waals surface area contributed by atoms with Crippen LogP contribution < -0.4 is 5.32 Å². The van der Waals surface area contributed by atoms with Crippen LogP contribution >= 0.6 is 0 Å². The molecule has 1 aromatic heterocycles. The smallest absolute Gasteiger partial charge is 0.253 e. The largest absolute Gasteiger partial charge is 0.368 e. The average molecular weight is 317 g/mol. The predicted octanol–water partition coefficient (Wildman–Crippen LogP) is 3.07. The zero-order valence-corrected chi connectivity index (χ0v) is 13.3. The number of aryl methyl sites for hydroxylation is 1. The molecule has 6 heteroatoms. The van der Waals surface area contributed by atoms with Gasteiger partial charge in [0.1, 0.15) is 17.7 Å². The van der Waals surface area contributed by atoms with Crippen LogP contribution in [-0.2, 0) is 9.53 Å². The molecule has 0 radical (unpaired) electrons. The van der Waals surface area contributed by atoms with Gasteiger partial charge >= 0.3 is 0 Å². The Balaban J connectivity index is 1.65. The Kier molecular flexibility index (Phi) is 4.43. The summed E-state index contributed by atoms with van der Waals surface area (Å²) < 4.78 is 21.4. The predicted molar refractivity (Wildman–Crippen MR) is 85.0 cm³/mol. The summed E-state index contributed by atoms with van der Waals surface area (Å²) in [6.07, 6.45) is 5.11. The van der Waals surface area contributed by atoms with Gasteiger partial charge in [0.05, 0.1) is 12.3 Å². The molecular formula is C17H20FN3O2. The van der Waals surface area contributed by atoms with Gasteiger partial charge in [-0.15, -0.1) is 0 Å². The lowest BCUT2D eigenvalue weighted by Crippen LogP contribution is -2.28. The standard InChI is InChI=1S/C17H20FN3O2/c1-11(23-10-13-3-4-13)17(22)20-14-5-6-16(15(18)9-14)21-8-7-19-12(21)2/h5-9,11,13H,3-4,10H2,1-2H3,(H,20,22)/t11-/m1/s1. The van der Waals surface area contributed by atoms with Crippen LogP contribution in [0.4, 0.5) is 10.1 Å². The number of hydrogen-bond acceptors (Lipinski definition) is 3. The number of carbonyl (C=O) groups excluding carboxylic acids is 1. The molecule has 2 aromatic rings. The fourth-order valence-corrected chi connectivity index (χ4v) is 2.30. The highest BCUT2D eigenvalue weighted by Gasteiger charge is 2.24. The topological polar surface area (TPSA) is 56.2 Å². The molecule has 23 heavy (non-hydrogen) atoms. The number of imidazole rings is 1. The number of carbonyl (C=O) groups is 1. The lowest BCUT2D eigenvalue weighted by Gasteiger charge is -2.14. The third-order valence-corrected chi connectivity index (χ3v) is 3.95. The van der Waals surface area contributed by atoms with Gasteiger partial charge in [0.25, 0.3) is 5.91 Å². The SMILES string of the molecule is Cc1nccn1-c1ccc(NC(=O)[C@@H](C)OCC2CC2)cc1F. The minimum absolute atomic E-state index is 0.267. The molecule has 0 unspecified atom stereocenters. The van der Waals surface area contributed by atoms with Crippen LogP contribution in [0.25, 0.3) is 5.69 Å². The van der Waals surface area contributed by atoms with E-state index >= 15 is 0 Å². The minimum Gasteiger partial charge on any atom is -0.368 e. The monoisotopic (exact) mass is 317 g/mol. The van der Waals surface area contributed by atoms with E-state index in [4.69, 9.17) is 4.74 Å². The molecule has 1 N–H and O–H groups in total. The van der Waals surface area contributed by atoms with Crippen molar-refractivity contribution in [3.63, 3.8) is 0 Å². The van der Waals surface area contributed by atoms with Crippen LogP contribution in [0.5, 0.6) is 0 Å². The maximum absolute atomic E-state index is 14.3. The molecule has 0 spiro atoms. The first-order valence-corrected chi connectivity index (χ1v) is 7.77. The number of halogens is 1. The van der Waals surface area contributed by atoms with Crippen molar-refractivity contribution in [2.45, 2.75) is 32.8 Å². The molecule has 1 saturated carbocycles. The average Bonchev–Trinajstić information content (AvgIpc) is 3.26. The van der Waals surface area contributed by atoms with Crippen molar-refractivity contribution in [3.8, 4) is 5.69 Å². The fourth-order valence-electron chi connectivity index (χ4n) is 2.30. The third-order valence-electron chi connectivity index (χ3n) is 3.95. The summed E-state index contributed by atoms with van der Waals surface area (Å²) >= 11 is 0. The van der Waals surface area contributed by atoms with Crippen LogP contribution in [0.3, 0.4) is 0 Å². The number of amides is 1. The lowest BCUT2D eigenvalue weighted by molar-refractivity contribution is -0.126. The number of benzene rings is 1. The number of nitrogens with zero attached hydrogens (tertiary/aromatic N) is 2. The summed E-state index contributed by atoms with van der Waals surface area (Å²) in [5, 5.41) is 2.68. The molecule has 1 fully saturated rings. The van der Waals surface area contributed by atoms with E-state index < -0.39 is 11.9 Å². The normalized spacial score (nSPS) is 15.4. The number of anilines is 1. The van der Waals surface area contributed by atoms with Crippen molar-refractivity contribution in [2.24, 2.45) is 5.92 Å². The number of nitrogens with one attached hydrogen (secondary N) is 1. The van der Waals surface area contributed by atoms with Gasteiger partial charge in [-0.3, -0.25) is 4.79 Å². The number of rotatable bonds is 6. The summed E-state index contributed by atoms with van der Waals surface area (Å²) in [4.78, 5) is 16.1. The molecule has 1 aliphatic carbocycles. The molecule has 5 nitrogen and oxygen atoms in total. The van der Waals surface area contributed by atoms with Gasteiger partial charge in [-0.05, 0) is 50.8 Å².